The lowest BCUT2D eigenvalue weighted by Crippen LogP contribution is -2.32. The Kier molecular flexibility index (Phi) is 9.61. The third-order valence-corrected chi connectivity index (χ3v) is 6.85. The fourth-order valence-electron chi connectivity index (χ4n) is 4.09. The largest absolute Gasteiger partial charge is 0.355 e. The maximum Gasteiger partial charge on any atom is 0.223 e. The summed E-state index contributed by atoms with van der Waals surface area (Å²) in [6.07, 6.45) is 4.12. The van der Waals surface area contributed by atoms with Crippen LogP contribution in [0.15, 0.2) is 65.8 Å². The fraction of sp³-hybridized carbons (Fsp3) is 0.429. The molecule has 1 aromatic heterocycles. The summed E-state index contributed by atoms with van der Waals surface area (Å²) in [5, 5.41) is 4.14. The summed E-state index contributed by atoms with van der Waals surface area (Å²) in [5.41, 5.74) is 4.44. The second-order valence-corrected chi connectivity index (χ2v) is 9.74. The predicted octanol–water partition coefficient (Wildman–Crippen LogP) is 7.22. The molecule has 0 aliphatic rings. The number of hydrogen-bond donors (Lipinski definition) is 1. The van der Waals surface area contributed by atoms with Crippen LogP contribution >= 0.6 is 11.8 Å². The van der Waals surface area contributed by atoms with Gasteiger partial charge in [-0.05, 0) is 26.7 Å². The Bertz CT molecular complexity index is 999. The van der Waals surface area contributed by atoms with Crippen LogP contribution in [0.2, 0.25) is 0 Å². The van der Waals surface area contributed by atoms with Crippen molar-refractivity contribution in [2.24, 2.45) is 5.92 Å². The van der Waals surface area contributed by atoms with Crippen molar-refractivity contribution in [1.29, 1.82) is 0 Å². The molecular weight excluding hydrogens is 426 g/mol. The van der Waals surface area contributed by atoms with Gasteiger partial charge in [0.25, 0.3) is 0 Å². The Labute approximate surface area is 203 Å². The summed E-state index contributed by atoms with van der Waals surface area (Å²) >= 11 is 1.72. The van der Waals surface area contributed by atoms with Crippen molar-refractivity contribution < 1.29 is 4.79 Å². The Morgan fingerprint density at radius 3 is 2.21 bits per heavy atom. The highest BCUT2D eigenvalue weighted by molar-refractivity contribution is 7.99. The van der Waals surface area contributed by atoms with Crippen molar-refractivity contribution in [3.05, 3.63) is 60.7 Å². The summed E-state index contributed by atoms with van der Waals surface area (Å²) in [6, 6.07) is 21.2. The van der Waals surface area contributed by atoms with Crippen molar-refractivity contribution in [3.8, 4) is 22.5 Å². The van der Waals surface area contributed by atoms with E-state index in [1.54, 1.807) is 11.8 Å². The molecule has 3 rings (SSSR count). The molecular formula is C28H37N3OS. The number of benzene rings is 2. The first-order valence-electron chi connectivity index (χ1n) is 12.2. The summed E-state index contributed by atoms with van der Waals surface area (Å²) in [6.45, 7) is 9.33. The van der Waals surface area contributed by atoms with Gasteiger partial charge in [-0.15, -0.1) is 0 Å². The van der Waals surface area contributed by atoms with Crippen LogP contribution in [0, 0.1) is 5.92 Å². The molecule has 0 aliphatic heterocycles. The van der Waals surface area contributed by atoms with Crippen LogP contribution in [0.1, 0.15) is 59.4 Å². The second-order valence-electron chi connectivity index (χ2n) is 8.67. The zero-order valence-corrected chi connectivity index (χ0v) is 21.2. The molecule has 2 aromatic carbocycles. The zero-order valence-electron chi connectivity index (χ0n) is 20.4. The number of nitrogens with zero attached hydrogens (tertiary/aromatic N) is 2. The average molecular weight is 464 g/mol. The summed E-state index contributed by atoms with van der Waals surface area (Å²) < 4.78 is 2.33. The lowest BCUT2D eigenvalue weighted by molar-refractivity contribution is -0.125. The van der Waals surface area contributed by atoms with Crippen LogP contribution in [0.4, 0.5) is 0 Å². The summed E-state index contributed by atoms with van der Waals surface area (Å²) in [7, 11) is 0. The van der Waals surface area contributed by atoms with Gasteiger partial charge in [-0.1, -0.05) is 99.1 Å². The minimum atomic E-state index is 0.127. The molecule has 0 aliphatic carbocycles. The van der Waals surface area contributed by atoms with E-state index in [-0.39, 0.29) is 17.9 Å². The number of unbranched alkanes of at least 4 members (excludes halogenated alkanes) is 1. The highest BCUT2D eigenvalue weighted by atomic mass is 32.2. The minimum Gasteiger partial charge on any atom is -0.355 e. The van der Waals surface area contributed by atoms with Crippen LogP contribution < -0.4 is 5.32 Å². The molecule has 0 saturated carbocycles. The molecule has 1 N–H and O–H groups in total. The van der Waals surface area contributed by atoms with Crippen molar-refractivity contribution in [2.45, 2.75) is 64.6 Å². The van der Waals surface area contributed by atoms with Gasteiger partial charge in [-0.2, -0.15) is 0 Å². The number of thioether (sulfide) groups is 1. The van der Waals surface area contributed by atoms with Crippen LogP contribution in [-0.4, -0.2) is 27.8 Å². The molecule has 1 unspecified atom stereocenters. The number of amides is 1. The molecule has 1 atom stereocenters. The van der Waals surface area contributed by atoms with Gasteiger partial charge in [0.05, 0.1) is 11.4 Å². The van der Waals surface area contributed by atoms with Crippen molar-refractivity contribution >= 4 is 17.7 Å². The van der Waals surface area contributed by atoms with E-state index in [9.17, 15) is 4.79 Å². The maximum atomic E-state index is 12.6. The number of carbonyl (C=O) groups is 1. The molecule has 5 heteroatoms. The highest BCUT2D eigenvalue weighted by Gasteiger charge is 2.22. The van der Waals surface area contributed by atoms with E-state index in [1.807, 2.05) is 12.1 Å². The standard InChI is InChI=1S/C28H37N3OS/c1-5-7-14-22(6-2)27(32)29-19-20-33-28-30-25(23-15-10-8-11-16-23)26(31(28)21(3)4)24-17-12-9-13-18-24/h8-13,15-18,21-22H,5-7,14,19-20H2,1-4H3,(H,29,32). The Morgan fingerprint density at radius 2 is 1.64 bits per heavy atom. The van der Waals surface area contributed by atoms with E-state index in [4.69, 9.17) is 4.98 Å². The number of nitrogens with one attached hydrogen (secondary N) is 1. The lowest BCUT2D eigenvalue weighted by atomic mass is 9.98. The first-order chi connectivity index (χ1) is 16.1. The molecule has 0 radical (unpaired) electrons. The molecule has 176 valence electrons. The molecule has 0 bridgehead atoms. The quantitative estimate of drug-likeness (QED) is 0.228. The molecule has 0 saturated heterocycles. The molecule has 1 heterocycles. The number of rotatable bonds is 12. The van der Waals surface area contributed by atoms with Crippen molar-refractivity contribution in [3.63, 3.8) is 0 Å². The number of hydrogen-bond acceptors (Lipinski definition) is 3. The van der Waals surface area contributed by atoms with E-state index in [0.29, 0.717) is 6.54 Å². The van der Waals surface area contributed by atoms with Gasteiger partial charge in [0.2, 0.25) is 5.91 Å². The number of aromatic nitrogens is 2. The third kappa shape index (κ3) is 6.50. The van der Waals surface area contributed by atoms with E-state index in [2.05, 4.69) is 86.1 Å². The first kappa shape index (κ1) is 25.1. The van der Waals surface area contributed by atoms with E-state index in [0.717, 1.165) is 53.5 Å². The number of imidazole rings is 1. The zero-order chi connectivity index (χ0) is 23.6. The topological polar surface area (TPSA) is 46.9 Å². The predicted molar refractivity (Wildman–Crippen MR) is 141 cm³/mol. The van der Waals surface area contributed by atoms with Gasteiger partial charge in [0.1, 0.15) is 0 Å². The van der Waals surface area contributed by atoms with Crippen LogP contribution in [0.3, 0.4) is 0 Å². The monoisotopic (exact) mass is 463 g/mol. The van der Waals surface area contributed by atoms with Crippen molar-refractivity contribution in [2.75, 3.05) is 12.3 Å². The van der Waals surface area contributed by atoms with Crippen LogP contribution in [0.5, 0.6) is 0 Å². The van der Waals surface area contributed by atoms with E-state index in [1.165, 1.54) is 5.56 Å². The fourth-order valence-corrected chi connectivity index (χ4v) is 5.08. The van der Waals surface area contributed by atoms with Crippen LogP contribution in [-0.2, 0) is 4.79 Å². The molecule has 0 fully saturated rings. The molecule has 1 amide bonds. The highest BCUT2D eigenvalue weighted by Crippen LogP contribution is 2.37. The van der Waals surface area contributed by atoms with Gasteiger partial charge in [-0.25, -0.2) is 4.98 Å². The summed E-state index contributed by atoms with van der Waals surface area (Å²) in [4.78, 5) is 17.7. The SMILES string of the molecule is CCCCC(CC)C(=O)NCCSc1nc(-c2ccccc2)c(-c2ccccc2)n1C(C)C. The lowest BCUT2D eigenvalue weighted by Gasteiger charge is -2.17. The van der Waals surface area contributed by atoms with E-state index >= 15 is 0 Å². The molecule has 4 nitrogen and oxygen atoms in total. The maximum absolute atomic E-state index is 12.6. The summed E-state index contributed by atoms with van der Waals surface area (Å²) in [5.74, 6) is 1.11. The minimum absolute atomic E-state index is 0.127. The van der Waals surface area contributed by atoms with Gasteiger partial charge in [0.15, 0.2) is 5.16 Å². The van der Waals surface area contributed by atoms with Crippen LogP contribution in [0.25, 0.3) is 22.5 Å². The Morgan fingerprint density at radius 1 is 1.00 bits per heavy atom. The van der Waals surface area contributed by atoms with E-state index < -0.39 is 0 Å². The molecule has 33 heavy (non-hydrogen) atoms. The van der Waals surface area contributed by atoms with Gasteiger partial charge >= 0.3 is 0 Å². The second kappa shape index (κ2) is 12.6. The van der Waals surface area contributed by atoms with Gasteiger partial charge in [0, 0.05) is 35.4 Å². The first-order valence-corrected chi connectivity index (χ1v) is 13.2. The molecule has 3 aromatic rings. The van der Waals surface area contributed by atoms with Crippen molar-refractivity contribution in [1.82, 2.24) is 14.9 Å². The van der Waals surface area contributed by atoms with Gasteiger partial charge < -0.3 is 9.88 Å². The number of carbonyl (C=O) groups excluding carboxylic acids is 1. The Balaban J connectivity index is 1.81. The Hall–Kier alpha value is -2.53. The third-order valence-electron chi connectivity index (χ3n) is 5.89. The normalized spacial score (nSPS) is 12.2. The van der Waals surface area contributed by atoms with Gasteiger partial charge in [-0.3, -0.25) is 4.79 Å². The molecule has 0 spiro atoms. The average Bonchev–Trinajstić information content (AvgIpc) is 3.23. The smallest absolute Gasteiger partial charge is 0.223 e.